The van der Waals surface area contributed by atoms with Crippen molar-refractivity contribution < 1.29 is 9.53 Å². The third-order valence-electron chi connectivity index (χ3n) is 1.91. The molecule has 4 nitrogen and oxygen atoms in total. The Morgan fingerprint density at radius 1 is 1.31 bits per heavy atom. The first-order chi connectivity index (χ1) is 7.45. The number of nitrogens with zero attached hydrogens (tertiary/aromatic N) is 2. The van der Waals surface area contributed by atoms with Crippen LogP contribution in [0.25, 0.3) is 0 Å². The number of ether oxygens (including phenoxy) is 1. The second-order valence-corrected chi connectivity index (χ2v) is 4.49. The highest BCUT2D eigenvalue weighted by Crippen LogP contribution is 2.21. The lowest BCUT2D eigenvalue weighted by molar-refractivity contribution is 0.0371. The Hall–Kier alpha value is -1.10. The molecule has 0 aliphatic rings. The van der Waals surface area contributed by atoms with Crippen LogP contribution in [0, 0.1) is 13.8 Å². The zero-order valence-electron chi connectivity index (χ0n) is 10.2. The fourth-order valence-corrected chi connectivity index (χ4v) is 2.00. The average Bonchev–Trinajstić information content (AvgIpc) is 2.14. The summed E-state index contributed by atoms with van der Waals surface area (Å²) in [6.45, 7) is 7.25. The van der Waals surface area contributed by atoms with E-state index in [-0.39, 0.29) is 12.1 Å². The number of hydrogen-bond acceptors (Lipinski definition) is 5. The summed E-state index contributed by atoms with van der Waals surface area (Å²) in [5.41, 5.74) is 1.15. The van der Waals surface area contributed by atoms with Gasteiger partial charge in [0.15, 0.2) is 0 Å². The van der Waals surface area contributed by atoms with Gasteiger partial charge in [0, 0.05) is 0 Å². The van der Waals surface area contributed by atoms with Crippen molar-refractivity contribution in [2.45, 2.75) is 38.8 Å². The highest BCUT2D eigenvalue weighted by Gasteiger charge is 2.19. The predicted octanol–water partition coefficient (Wildman–Crippen LogP) is 2.38. The SMILES string of the molecule is CSc1nc(C)nc(C)c1C(=O)OC(C)C. The number of thioether (sulfide) groups is 1. The lowest BCUT2D eigenvalue weighted by Crippen LogP contribution is -2.16. The molecule has 1 heterocycles. The van der Waals surface area contributed by atoms with E-state index < -0.39 is 0 Å². The van der Waals surface area contributed by atoms with Gasteiger partial charge < -0.3 is 4.74 Å². The molecule has 0 N–H and O–H groups in total. The Morgan fingerprint density at radius 2 is 1.94 bits per heavy atom. The largest absolute Gasteiger partial charge is 0.459 e. The molecule has 0 spiro atoms. The number of rotatable bonds is 3. The van der Waals surface area contributed by atoms with Gasteiger partial charge >= 0.3 is 5.97 Å². The van der Waals surface area contributed by atoms with Crippen LogP contribution >= 0.6 is 11.8 Å². The molecular weight excluding hydrogens is 224 g/mol. The summed E-state index contributed by atoms with van der Waals surface area (Å²) in [5.74, 6) is 0.319. The Balaban J connectivity index is 3.16. The first-order valence-corrected chi connectivity index (χ1v) is 6.28. The normalized spacial score (nSPS) is 10.6. The second kappa shape index (κ2) is 5.30. The van der Waals surface area contributed by atoms with Gasteiger partial charge in [-0.15, -0.1) is 11.8 Å². The zero-order valence-corrected chi connectivity index (χ0v) is 11.0. The van der Waals surface area contributed by atoms with E-state index in [1.807, 2.05) is 27.0 Å². The van der Waals surface area contributed by atoms with Crippen LogP contribution in [0.15, 0.2) is 5.03 Å². The van der Waals surface area contributed by atoms with E-state index in [1.54, 1.807) is 6.92 Å². The van der Waals surface area contributed by atoms with Gasteiger partial charge in [-0.1, -0.05) is 0 Å². The molecule has 16 heavy (non-hydrogen) atoms. The van der Waals surface area contributed by atoms with Crippen LogP contribution in [-0.4, -0.2) is 28.3 Å². The molecule has 88 valence electrons. The molecule has 0 unspecified atom stereocenters. The molecular formula is C11H16N2O2S. The van der Waals surface area contributed by atoms with Crippen LogP contribution in [0.3, 0.4) is 0 Å². The molecule has 5 heteroatoms. The maximum atomic E-state index is 11.9. The summed E-state index contributed by atoms with van der Waals surface area (Å²) in [6.07, 6.45) is 1.75. The Labute approximate surface area is 99.8 Å². The van der Waals surface area contributed by atoms with E-state index in [0.717, 1.165) is 0 Å². The Morgan fingerprint density at radius 3 is 2.44 bits per heavy atom. The van der Waals surface area contributed by atoms with Crippen LogP contribution in [-0.2, 0) is 4.74 Å². The van der Waals surface area contributed by atoms with Crippen molar-refractivity contribution in [1.82, 2.24) is 9.97 Å². The summed E-state index contributed by atoms with van der Waals surface area (Å²) in [5, 5.41) is 0.677. The predicted molar refractivity (Wildman–Crippen MR) is 63.8 cm³/mol. The molecule has 0 aliphatic heterocycles. The van der Waals surface area contributed by atoms with Gasteiger partial charge in [0.1, 0.15) is 16.4 Å². The van der Waals surface area contributed by atoms with E-state index in [1.165, 1.54) is 11.8 Å². The molecule has 0 bridgehead atoms. The van der Waals surface area contributed by atoms with E-state index >= 15 is 0 Å². The monoisotopic (exact) mass is 240 g/mol. The molecule has 0 aliphatic carbocycles. The van der Waals surface area contributed by atoms with Gasteiger partial charge in [-0.25, -0.2) is 14.8 Å². The Kier molecular flexibility index (Phi) is 4.29. The fraction of sp³-hybridized carbons (Fsp3) is 0.545. The molecule has 0 fully saturated rings. The number of carbonyl (C=O) groups excluding carboxylic acids is 1. The van der Waals surface area contributed by atoms with Crippen LogP contribution in [0.4, 0.5) is 0 Å². The standard InChI is InChI=1S/C11H16N2O2S/c1-6(2)15-11(14)9-7(3)12-8(4)13-10(9)16-5/h6H,1-5H3. The van der Waals surface area contributed by atoms with Crippen molar-refractivity contribution in [2.24, 2.45) is 0 Å². The number of hydrogen-bond donors (Lipinski definition) is 0. The van der Waals surface area contributed by atoms with Crippen molar-refractivity contribution >= 4 is 17.7 Å². The van der Waals surface area contributed by atoms with Gasteiger partial charge in [0.25, 0.3) is 0 Å². The zero-order chi connectivity index (χ0) is 12.3. The van der Waals surface area contributed by atoms with E-state index in [0.29, 0.717) is 22.1 Å². The second-order valence-electron chi connectivity index (χ2n) is 3.69. The summed E-state index contributed by atoms with van der Waals surface area (Å²) < 4.78 is 5.17. The Bertz CT molecular complexity index is 405. The van der Waals surface area contributed by atoms with Crippen LogP contribution in [0.2, 0.25) is 0 Å². The summed E-state index contributed by atoms with van der Waals surface area (Å²) in [7, 11) is 0. The molecule has 0 aromatic carbocycles. The minimum Gasteiger partial charge on any atom is -0.459 e. The van der Waals surface area contributed by atoms with Crippen molar-refractivity contribution in [3.8, 4) is 0 Å². The molecule has 0 atom stereocenters. The quantitative estimate of drug-likeness (QED) is 0.461. The van der Waals surface area contributed by atoms with Crippen LogP contribution < -0.4 is 0 Å². The van der Waals surface area contributed by atoms with Gasteiger partial charge in [0.2, 0.25) is 0 Å². The smallest absolute Gasteiger partial charge is 0.343 e. The van der Waals surface area contributed by atoms with Gasteiger partial charge in [-0.2, -0.15) is 0 Å². The van der Waals surface area contributed by atoms with E-state index in [2.05, 4.69) is 9.97 Å². The first kappa shape index (κ1) is 13.0. The number of aryl methyl sites for hydroxylation is 2. The van der Waals surface area contributed by atoms with Crippen molar-refractivity contribution in [3.05, 3.63) is 17.1 Å². The van der Waals surface area contributed by atoms with Crippen molar-refractivity contribution in [1.29, 1.82) is 0 Å². The minimum atomic E-state index is -0.350. The highest BCUT2D eigenvalue weighted by atomic mass is 32.2. The topological polar surface area (TPSA) is 52.1 Å². The minimum absolute atomic E-state index is 0.136. The van der Waals surface area contributed by atoms with Crippen LogP contribution in [0.5, 0.6) is 0 Å². The molecule has 0 saturated heterocycles. The maximum Gasteiger partial charge on any atom is 0.343 e. The number of carbonyl (C=O) groups is 1. The number of esters is 1. The lowest BCUT2D eigenvalue weighted by atomic mass is 10.2. The van der Waals surface area contributed by atoms with E-state index in [9.17, 15) is 4.79 Å². The van der Waals surface area contributed by atoms with Crippen LogP contribution in [0.1, 0.15) is 35.7 Å². The summed E-state index contributed by atoms with van der Waals surface area (Å²) in [4.78, 5) is 20.3. The average molecular weight is 240 g/mol. The summed E-state index contributed by atoms with van der Waals surface area (Å²) >= 11 is 1.43. The molecule has 0 radical (unpaired) electrons. The third kappa shape index (κ3) is 2.95. The maximum absolute atomic E-state index is 11.9. The fourth-order valence-electron chi connectivity index (χ4n) is 1.34. The lowest BCUT2D eigenvalue weighted by Gasteiger charge is -2.12. The molecule has 1 aromatic heterocycles. The first-order valence-electron chi connectivity index (χ1n) is 5.06. The van der Waals surface area contributed by atoms with Crippen molar-refractivity contribution in [2.75, 3.05) is 6.26 Å². The molecule has 0 saturated carbocycles. The van der Waals surface area contributed by atoms with E-state index in [4.69, 9.17) is 4.74 Å². The third-order valence-corrected chi connectivity index (χ3v) is 2.59. The molecule has 1 aromatic rings. The number of aromatic nitrogens is 2. The molecule has 1 rings (SSSR count). The van der Waals surface area contributed by atoms with Gasteiger partial charge in [0.05, 0.1) is 11.8 Å². The molecule has 0 amide bonds. The summed E-state index contributed by atoms with van der Waals surface area (Å²) in [6, 6.07) is 0. The van der Waals surface area contributed by atoms with Gasteiger partial charge in [-0.05, 0) is 34.0 Å². The van der Waals surface area contributed by atoms with Crippen molar-refractivity contribution in [3.63, 3.8) is 0 Å². The highest BCUT2D eigenvalue weighted by molar-refractivity contribution is 7.98. The van der Waals surface area contributed by atoms with Gasteiger partial charge in [-0.3, -0.25) is 0 Å².